The van der Waals surface area contributed by atoms with Crippen LogP contribution in [0, 0.1) is 0 Å². The van der Waals surface area contributed by atoms with Crippen LogP contribution in [0.15, 0.2) is 30.3 Å². The molecule has 0 unspecified atom stereocenters. The van der Waals surface area contributed by atoms with Gasteiger partial charge in [-0.3, -0.25) is 4.90 Å². The zero-order valence-electron chi connectivity index (χ0n) is 13.5. The summed E-state index contributed by atoms with van der Waals surface area (Å²) in [4.78, 5) is 26.1. The van der Waals surface area contributed by atoms with E-state index in [0.29, 0.717) is 13.0 Å². The van der Waals surface area contributed by atoms with Gasteiger partial charge < -0.3 is 9.47 Å². The van der Waals surface area contributed by atoms with Gasteiger partial charge in [0, 0.05) is 12.5 Å². The first-order valence-electron chi connectivity index (χ1n) is 7.46. The Labute approximate surface area is 131 Å². The molecule has 1 fully saturated rings. The molecule has 120 valence electrons. The first kappa shape index (κ1) is 16.3. The molecule has 2 rings (SSSR count). The minimum atomic E-state index is -0.637. The predicted molar refractivity (Wildman–Crippen MR) is 82.5 cm³/mol. The number of esters is 1. The van der Waals surface area contributed by atoms with Crippen LogP contribution >= 0.6 is 0 Å². The first-order chi connectivity index (χ1) is 10.3. The number of carbonyl (C=O) groups is 2. The Morgan fingerprint density at radius 1 is 1.18 bits per heavy atom. The van der Waals surface area contributed by atoms with Gasteiger partial charge in [-0.05, 0) is 32.8 Å². The second kappa shape index (κ2) is 6.38. The van der Waals surface area contributed by atoms with Gasteiger partial charge in [0.2, 0.25) is 0 Å². The molecule has 1 amide bonds. The lowest BCUT2D eigenvalue weighted by molar-refractivity contribution is -0.146. The summed E-state index contributed by atoms with van der Waals surface area (Å²) >= 11 is 0. The van der Waals surface area contributed by atoms with Crippen LogP contribution in [-0.2, 0) is 14.3 Å². The molecule has 5 heteroatoms. The molecule has 0 aliphatic carbocycles. The highest BCUT2D eigenvalue weighted by Gasteiger charge is 2.44. The molecule has 0 bridgehead atoms. The molecule has 2 atom stereocenters. The number of hydrogen-bond acceptors (Lipinski definition) is 4. The summed E-state index contributed by atoms with van der Waals surface area (Å²) in [5.74, 6) is -0.474. The highest BCUT2D eigenvalue weighted by Crippen LogP contribution is 2.35. The molecule has 0 spiro atoms. The van der Waals surface area contributed by atoms with Crippen LogP contribution in [0.2, 0.25) is 0 Å². The second-order valence-corrected chi connectivity index (χ2v) is 6.45. The smallest absolute Gasteiger partial charge is 0.411 e. The van der Waals surface area contributed by atoms with Crippen molar-refractivity contribution in [3.63, 3.8) is 0 Å². The van der Waals surface area contributed by atoms with Crippen LogP contribution in [0.5, 0.6) is 0 Å². The normalized spacial score (nSPS) is 21.5. The van der Waals surface area contributed by atoms with Gasteiger partial charge in [0.1, 0.15) is 11.6 Å². The van der Waals surface area contributed by atoms with Crippen LogP contribution in [0.1, 0.15) is 38.7 Å². The van der Waals surface area contributed by atoms with E-state index >= 15 is 0 Å². The van der Waals surface area contributed by atoms with Gasteiger partial charge in [-0.1, -0.05) is 30.3 Å². The molecule has 1 aromatic carbocycles. The van der Waals surface area contributed by atoms with Crippen LogP contribution in [-0.4, -0.2) is 42.3 Å². The maximum atomic E-state index is 12.4. The fourth-order valence-electron chi connectivity index (χ4n) is 2.78. The molecule has 1 aliphatic heterocycles. The molecular formula is C17H23NO4. The quantitative estimate of drug-likeness (QED) is 0.788. The molecule has 5 nitrogen and oxygen atoms in total. The number of hydrogen-bond donors (Lipinski definition) is 0. The van der Waals surface area contributed by atoms with E-state index in [1.54, 1.807) is 0 Å². The molecule has 0 saturated carbocycles. The number of nitrogens with zero attached hydrogens (tertiary/aromatic N) is 1. The zero-order chi connectivity index (χ0) is 16.3. The second-order valence-electron chi connectivity index (χ2n) is 6.45. The number of ether oxygens (including phenoxy) is 2. The standard InChI is InChI=1S/C17H23NO4/c1-17(2,3)22-16(20)18-11-10-13(14(18)15(19)21-4)12-8-6-5-7-9-12/h5-9,13-14H,10-11H2,1-4H3/t13-,14+/m1/s1. The van der Waals surface area contributed by atoms with Crippen molar-refractivity contribution < 1.29 is 19.1 Å². The van der Waals surface area contributed by atoms with Crippen molar-refractivity contribution in [2.45, 2.75) is 44.8 Å². The van der Waals surface area contributed by atoms with Gasteiger partial charge in [-0.25, -0.2) is 9.59 Å². The van der Waals surface area contributed by atoms with E-state index in [2.05, 4.69) is 0 Å². The minimum Gasteiger partial charge on any atom is -0.467 e. The third kappa shape index (κ3) is 3.59. The van der Waals surface area contributed by atoms with E-state index in [9.17, 15) is 9.59 Å². The van der Waals surface area contributed by atoms with E-state index in [-0.39, 0.29) is 5.92 Å². The molecule has 1 saturated heterocycles. The summed E-state index contributed by atoms with van der Waals surface area (Å²) in [7, 11) is 1.34. The van der Waals surface area contributed by atoms with E-state index in [0.717, 1.165) is 5.56 Å². The van der Waals surface area contributed by atoms with Crippen molar-refractivity contribution in [2.24, 2.45) is 0 Å². The number of likely N-dealkylation sites (tertiary alicyclic amines) is 1. The lowest BCUT2D eigenvalue weighted by Crippen LogP contribution is -2.45. The fourth-order valence-corrected chi connectivity index (χ4v) is 2.78. The summed E-state index contributed by atoms with van der Waals surface area (Å²) in [6.07, 6.45) is 0.240. The molecule has 1 heterocycles. The van der Waals surface area contributed by atoms with E-state index in [4.69, 9.17) is 9.47 Å². The molecular weight excluding hydrogens is 282 g/mol. The average Bonchev–Trinajstić information content (AvgIpc) is 2.90. The van der Waals surface area contributed by atoms with Gasteiger partial charge in [0.05, 0.1) is 7.11 Å². The largest absolute Gasteiger partial charge is 0.467 e. The van der Waals surface area contributed by atoms with Crippen molar-refractivity contribution in [3.05, 3.63) is 35.9 Å². The zero-order valence-corrected chi connectivity index (χ0v) is 13.5. The van der Waals surface area contributed by atoms with Crippen LogP contribution in [0.4, 0.5) is 4.79 Å². The molecule has 0 N–H and O–H groups in total. The molecule has 1 aromatic rings. The summed E-state index contributed by atoms with van der Waals surface area (Å²) < 4.78 is 10.3. The minimum absolute atomic E-state index is 0.0684. The Bertz CT molecular complexity index is 535. The first-order valence-corrected chi connectivity index (χ1v) is 7.46. The Balaban J connectivity index is 2.25. The molecule has 1 aliphatic rings. The van der Waals surface area contributed by atoms with Gasteiger partial charge >= 0.3 is 12.1 Å². The Hall–Kier alpha value is -2.04. The maximum Gasteiger partial charge on any atom is 0.411 e. The van der Waals surface area contributed by atoms with Gasteiger partial charge in [-0.15, -0.1) is 0 Å². The number of rotatable bonds is 2. The van der Waals surface area contributed by atoms with Gasteiger partial charge in [0.15, 0.2) is 0 Å². The number of benzene rings is 1. The maximum absolute atomic E-state index is 12.4. The summed E-state index contributed by atoms with van der Waals surface area (Å²) in [5.41, 5.74) is 0.437. The SMILES string of the molecule is COC(=O)[C@@H]1[C@@H](c2ccccc2)CCN1C(=O)OC(C)(C)C. The van der Waals surface area contributed by atoms with Crippen molar-refractivity contribution >= 4 is 12.1 Å². The van der Waals surface area contributed by atoms with Crippen LogP contribution in [0.25, 0.3) is 0 Å². The highest BCUT2D eigenvalue weighted by atomic mass is 16.6. The summed E-state index contributed by atoms with van der Waals surface area (Å²) in [6, 6.07) is 9.09. The summed E-state index contributed by atoms with van der Waals surface area (Å²) in [5, 5.41) is 0. The Kier molecular flexibility index (Phi) is 4.74. The van der Waals surface area contributed by atoms with E-state index in [1.807, 2.05) is 51.1 Å². The number of carbonyl (C=O) groups excluding carboxylic acids is 2. The predicted octanol–water partition coefficient (Wildman–Crippen LogP) is 2.95. The third-order valence-corrected chi connectivity index (χ3v) is 3.70. The van der Waals surface area contributed by atoms with Crippen molar-refractivity contribution in [2.75, 3.05) is 13.7 Å². The van der Waals surface area contributed by atoms with Crippen LogP contribution in [0.3, 0.4) is 0 Å². The topological polar surface area (TPSA) is 55.8 Å². The molecule has 0 radical (unpaired) electrons. The molecule has 0 aromatic heterocycles. The Morgan fingerprint density at radius 3 is 2.36 bits per heavy atom. The average molecular weight is 305 g/mol. The van der Waals surface area contributed by atoms with Gasteiger partial charge in [0.25, 0.3) is 0 Å². The lowest BCUT2D eigenvalue weighted by Gasteiger charge is -2.29. The van der Waals surface area contributed by atoms with E-state index < -0.39 is 23.7 Å². The number of methoxy groups -OCH3 is 1. The highest BCUT2D eigenvalue weighted by molar-refractivity contribution is 5.83. The number of amides is 1. The molecule has 22 heavy (non-hydrogen) atoms. The van der Waals surface area contributed by atoms with Crippen molar-refractivity contribution in [1.29, 1.82) is 0 Å². The van der Waals surface area contributed by atoms with Crippen LogP contribution < -0.4 is 0 Å². The fraction of sp³-hybridized carbons (Fsp3) is 0.529. The monoisotopic (exact) mass is 305 g/mol. The van der Waals surface area contributed by atoms with Gasteiger partial charge in [-0.2, -0.15) is 0 Å². The van der Waals surface area contributed by atoms with Crippen molar-refractivity contribution in [1.82, 2.24) is 4.90 Å². The lowest BCUT2D eigenvalue weighted by atomic mass is 9.92. The van der Waals surface area contributed by atoms with E-state index in [1.165, 1.54) is 12.0 Å². The third-order valence-electron chi connectivity index (χ3n) is 3.70. The Morgan fingerprint density at radius 2 is 1.82 bits per heavy atom. The van der Waals surface area contributed by atoms with Crippen molar-refractivity contribution in [3.8, 4) is 0 Å². The summed E-state index contributed by atoms with van der Waals surface area (Å²) in [6.45, 7) is 5.91.